The number of carboxylic acid groups (broad SMARTS) is 1. The van der Waals surface area contributed by atoms with Crippen molar-refractivity contribution < 1.29 is 19.5 Å². The Labute approximate surface area is 159 Å². The van der Waals surface area contributed by atoms with Crippen molar-refractivity contribution in [2.75, 3.05) is 6.54 Å². The van der Waals surface area contributed by atoms with Crippen LogP contribution < -0.4 is 5.32 Å². The molecule has 2 heterocycles. The average Bonchev–Trinajstić information content (AvgIpc) is 3.16. The fraction of sp³-hybridized carbons (Fsp3) is 0.684. The van der Waals surface area contributed by atoms with E-state index in [4.69, 9.17) is 0 Å². The molecule has 2 rings (SSSR count). The van der Waals surface area contributed by atoms with Gasteiger partial charge in [-0.3, -0.25) is 9.59 Å². The normalized spacial score (nSPS) is 17.0. The minimum absolute atomic E-state index is 0.0310. The lowest BCUT2D eigenvalue weighted by molar-refractivity contribution is -0.144. The molecule has 27 heavy (non-hydrogen) atoms. The molecule has 1 aliphatic rings. The fourth-order valence-electron chi connectivity index (χ4n) is 3.22. The fourth-order valence-corrected chi connectivity index (χ4v) is 3.22. The monoisotopic (exact) mass is 378 g/mol. The van der Waals surface area contributed by atoms with Crippen LogP contribution in [0, 0.1) is 5.41 Å². The van der Waals surface area contributed by atoms with Crippen LogP contribution in [-0.4, -0.2) is 56.0 Å². The van der Waals surface area contributed by atoms with E-state index in [2.05, 4.69) is 10.3 Å². The van der Waals surface area contributed by atoms with Crippen LogP contribution in [0.2, 0.25) is 0 Å². The van der Waals surface area contributed by atoms with E-state index >= 15 is 0 Å². The first kappa shape index (κ1) is 20.9. The van der Waals surface area contributed by atoms with E-state index in [0.29, 0.717) is 37.9 Å². The molecule has 1 aromatic heterocycles. The third-order valence-electron chi connectivity index (χ3n) is 4.75. The first-order chi connectivity index (χ1) is 12.6. The van der Waals surface area contributed by atoms with Gasteiger partial charge >= 0.3 is 5.97 Å². The van der Waals surface area contributed by atoms with Crippen molar-refractivity contribution in [3.63, 3.8) is 0 Å². The number of hydrogen-bond acceptors (Lipinski definition) is 4. The summed E-state index contributed by atoms with van der Waals surface area (Å²) in [6, 6.07) is -1.72. The van der Waals surface area contributed by atoms with Gasteiger partial charge in [-0.1, -0.05) is 20.8 Å². The number of nitrogens with zero attached hydrogens (tertiary/aromatic N) is 3. The summed E-state index contributed by atoms with van der Waals surface area (Å²) in [4.78, 5) is 42.5. The van der Waals surface area contributed by atoms with Crippen LogP contribution in [0.15, 0.2) is 12.5 Å². The van der Waals surface area contributed by atoms with Crippen LogP contribution in [0.25, 0.3) is 0 Å². The highest BCUT2D eigenvalue weighted by atomic mass is 16.4. The lowest BCUT2D eigenvalue weighted by Gasteiger charge is -2.28. The molecule has 0 aliphatic carbocycles. The number of carbonyl (C=O) groups is 3. The largest absolute Gasteiger partial charge is 0.480 e. The summed E-state index contributed by atoms with van der Waals surface area (Å²) in [5.41, 5.74) is 0.662. The highest BCUT2D eigenvalue weighted by Crippen LogP contribution is 2.22. The maximum absolute atomic E-state index is 12.9. The summed E-state index contributed by atoms with van der Waals surface area (Å²) in [5, 5.41) is 12.1. The van der Waals surface area contributed by atoms with Gasteiger partial charge in [-0.25, -0.2) is 9.78 Å². The SMILES string of the molecule is Cn1cnc(C[C@@H](C(=O)N[C@@H](CCC(C)(C)C)C(=O)O)N2CCCC2=O)c1. The highest BCUT2D eigenvalue weighted by Gasteiger charge is 2.35. The van der Waals surface area contributed by atoms with Crippen molar-refractivity contribution in [1.29, 1.82) is 0 Å². The van der Waals surface area contributed by atoms with Crippen molar-refractivity contribution in [3.05, 3.63) is 18.2 Å². The molecule has 1 fully saturated rings. The number of aromatic nitrogens is 2. The number of carbonyl (C=O) groups excluding carboxylic acids is 2. The summed E-state index contributed by atoms with van der Waals surface area (Å²) >= 11 is 0. The van der Waals surface area contributed by atoms with Crippen LogP contribution in [-0.2, 0) is 27.9 Å². The van der Waals surface area contributed by atoms with Gasteiger partial charge in [0.15, 0.2) is 0 Å². The second kappa shape index (κ2) is 8.54. The van der Waals surface area contributed by atoms with Gasteiger partial charge in [0.05, 0.1) is 12.0 Å². The number of likely N-dealkylation sites (tertiary alicyclic amines) is 1. The zero-order valence-electron chi connectivity index (χ0n) is 16.6. The number of aryl methyl sites for hydroxylation is 1. The lowest BCUT2D eigenvalue weighted by atomic mass is 9.88. The highest BCUT2D eigenvalue weighted by molar-refractivity contribution is 5.91. The Morgan fingerprint density at radius 3 is 2.56 bits per heavy atom. The number of nitrogens with one attached hydrogen (secondary N) is 1. The van der Waals surface area contributed by atoms with Crippen molar-refractivity contribution in [3.8, 4) is 0 Å². The summed E-state index contributed by atoms with van der Waals surface area (Å²) in [6.45, 7) is 6.59. The smallest absolute Gasteiger partial charge is 0.326 e. The first-order valence-electron chi connectivity index (χ1n) is 9.36. The number of hydrogen-bond donors (Lipinski definition) is 2. The summed E-state index contributed by atoms with van der Waals surface area (Å²) in [5.74, 6) is -1.57. The van der Waals surface area contributed by atoms with Gasteiger partial charge in [0.2, 0.25) is 11.8 Å². The van der Waals surface area contributed by atoms with Gasteiger partial charge in [0, 0.05) is 32.6 Å². The van der Waals surface area contributed by atoms with Crippen LogP contribution in [0.5, 0.6) is 0 Å². The number of carboxylic acids is 1. The van der Waals surface area contributed by atoms with Crippen LogP contribution in [0.1, 0.15) is 52.1 Å². The molecular formula is C19H30N4O4. The van der Waals surface area contributed by atoms with Gasteiger partial charge < -0.3 is 19.9 Å². The second-order valence-corrected chi connectivity index (χ2v) is 8.44. The minimum atomic E-state index is -1.06. The van der Waals surface area contributed by atoms with Gasteiger partial charge in [-0.05, 0) is 24.7 Å². The summed E-state index contributed by atoms with van der Waals surface area (Å²) in [7, 11) is 1.83. The number of imidazole rings is 1. The molecule has 8 heteroatoms. The third-order valence-corrected chi connectivity index (χ3v) is 4.75. The Hall–Kier alpha value is -2.38. The molecule has 2 amide bonds. The molecule has 0 unspecified atom stereocenters. The first-order valence-corrected chi connectivity index (χ1v) is 9.36. The van der Waals surface area contributed by atoms with E-state index in [9.17, 15) is 19.5 Å². The second-order valence-electron chi connectivity index (χ2n) is 8.44. The van der Waals surface area contributed by atoms with E-state index in [1.165, 1.54) is 0 Å². The molecule has 1 saturated heterocycles. The Balaban J connectivity index is 2.13. The molecule has 2 N–H and O–H groups in total. The molecule has 2 atom stereocenters. The van der Waals surface area contributed by atoms with Crippen LogP contribution >= 0.6 is 0 Å². The summed E-state index contributed by atoms with van der Waals surface area (Å²) < 4.78 is 1.78. The molecule has 0 aromatic carbocycles. The van der Waals surface area contributed by atoms with Crippen LogP contribution in [0.4, 0.5) is 0 Å². The molecule has 0 radical (unpaired) electrons. The lowest BCUT2D eigenvalue weighted by Crippen LogP contribution is -2.53. The van der Waals surface area contributed by atoms with E-state index in [0.717, 1.165) is 0 Å². The third kappa shape index (κ3) is 6.08. The van der Waals surface area contributed by atoms with Crippen LogP contribution in [0.3, 0.4) is 0 Å². The summed E-state index contributed by atoms with van der Waals surface area (Å²) in [6.07, 6.45) is 5.83. The Morgan fingerprint density at radius 2 is 2.07 bits per heavy atom. The minimum Gasteiger partial charge on any atom is -0.480 e. The van der Waals surface area contributed by atoms with E-state index in [1.54, 1.807) is 22.0 Å². The molecule has 0 spiro atoms. The van der Waals surface area contributed by atoms with E-state index in [-0.39, 0.29) is 17.7 Å². The zero-order valence-corrected chi connectivity index (χ0v) is 16.6. The predicted octanol–water partition coefficient (Wildman–Crippen LogP) is 1.35. The maximum atomic E-state index is 12.9. The van der Waals surface area contributed by atoms with E-state index < -0.39 is 24.0 Å². The van der Waals surface area contributed by atoms with Gasteiger partial charge in [-0.15, -0.1) is 0 Å². The van der Waals surface area contributed by atoms with Gasteiger partial charge in [-0.2, -0.15) is 0 Å². The van der Waals surface area contributed by atoms with Crippen molar-refractivity contribution in [1.82, 2.24) is 19.8 Å². The Bertz CT molecular complexity index is 692. The molecule has 0 saturated carbocycles. The Morgan fingerprint density at radius 1 is 1.37 bits per heavy atom. The molecule has 1 aromatic rings. The molecule has 1 aliphatic heterocycles. The van der Waals surface area contributed by atoms with E-state index in [1.807, 2.05) is 27.8 Å². The zero-order chi connectivity index (χ0) is 20.2. The number of amides is 2. The van der Waals surface area contributed by atoms with Crippen molar-refractivity contribution in [2.24, 2.45) is 12.5 Å². The van der Waals surface area contributed by atoms with Crippen molar-refractivity contribution >= 4 is 17.8 Å². The topological polar surface area (TPSA) is 105 Å². The standard InChI is InChI=1S/C19H30N4O4/c1-19(2,3)8-7-14(18(26)27)21-17(25)15(23-9-5-6-16(23)24)10-13-11-22(4)12-20-13/h11-12,14-15H,5-10H2,1-4H3,(H,21,25)(H,26,27)/t14-,15-/m0/s1. The van der Waals surface area contributed by atoms with Gasteiger partial charge in [0.25, 0.3) is 0 Å². The number of aliphatic carboxylic acids is 1. The number of rotatable bonds is 8. The average molecular weight is 378 g/mol. The van der Waals surface area contributed by atoms with Crippen molar-refractivity contribution in [2.45, 2.75) is 65.0 Å². The molecular weight excluding hydrogens is 348 g/mol. The quantitative estimate of drug-likeness (QED) is 0.710. The Kier molecular flexibility index (Phi) is 6.62. The molecule has 8 nitrogen and oxygen atoms in total. The van der Waals surface area contributed by atoms with Gasteiger partial charge in [0.1, 0.15) is 12.1 Å². The maximum Gasteiger partial charge on any atom is 0.326 e. The molecule has 150 valence electrons. The molecule has 0 bridgehead atoms. The predicted molar refractivity (Wildman–Crippen MR) is 99.9 cm³/mol.